The third-order valence-corrected chi connectivity index (χ3v) is 5.38. The Morgan fingerprint density at radius 3 is 2.64 bits per heavy atom. The van der Waals surface area contributed by atoms with E-state index in [1.54, 1.807) is 0 Å². The van der Waals surface area contributed by atoms with Crippen LogP contribution in [0.2, 0.25) is 5.02 Å². The normalized spacial score (nSPS) is 19.3. The number of halogens is 2. The molecule has 3 rings (SSSR count). The minimum atomic E-state index is 0.483. The van der Waals surface area contributed by atoms with Gasteiger partial charge in [0.25, 0.3) is 0 Å². The molecular weight excluding hydrogens is 333 g/mol. The number of fused-ring (bicyclic) bond motifs is 1. The van der Waals surface area contributed by atoms with Crippen LogP contribution in [0.1, 0.15) is 43.7 Å². The van der Waals surface area contributed by atoms with Crippen LogP contribution in [0.4, 0.5) is 4.48 Å². The second-order valence-corrected chi connectivity index (χ2v) is 7.08. The van der Waals surface area contributed by atoms with E-state index in [9.17, 15) is 4.48 Å². The van der Waals surface area contributed by atoms with Gasteiger partial charge in [-0.3, -0.25) is 0 Å². The highest BCUT2D eigenvalue weighted by atomic mass is 35.5. The Kier molecular flexibility index (Phi) is 5.93. The summed E-state index contributed by atoms with van der Waals surface area (Å²) in [6, 6.07) is 6.22. The molecule has 2 aliphatic rings. The largest absolute Gasteiger partial charge is 0.146 e. The molecule has 0 atom stereocenters. The second-order valence-electron chi connectivity index (χ2n) is 6.64. The van der Waals surface area contributed by atoms with Gasteiger partial charge >= 0.3 is 0 Å². The lowest BCUT2D eigenvalue weighted by molar-refractivity contribution is 0.0175. The first-order valence-electron chi connectivity index (χ1n) is 9.07. The molecule has 0 spiro atoms. The Labute approximate surface area is 155 Å². The zero-order valence-corrected chi connectivity index (χ0v) is 15.6. The van der Waals surface area contributed by atoms with Gasteiger partial charge in [-0.05, 0) is 72.1 Å². The van der Waals surface area contributed by atoms with Crippen molar-refractivity contribution in [3.8, 4) is 0 Å². The molecule has 1 heterocycles. The van der Waals surface area contributed by atoms with Gasteiger partial charge in [0.15, 0.2) is 0 Å². The fourth-order valence-electron chi connectivity index (χ4n) is 3.93. The van der Waals surface area contributed by atoms with Gasteiger partial charge in [0, 0.05) is 18.1 Å². The molecule has 0 bridgehead atoms. The Morgan fingerprint density at radius 2 is 1.96 bits per heavy atom. The Bertz CT molecular complexity index is 747. The summed E-state index contributed by atoms with van der Waals surface area (Å²) in [5, 5.41) is 1.71. The summed E-state index contributed by atoms with van der Waals surface area (Å²) in [6.45, 7) is 6.98. The summed E-state index contributed by atoms with van der Waals surface area (Å²) >= 11 is 6.26. The highest BCUT2D eigenvalue weighted by Gasteiger charge is 2.24. The fraction of sp³-hybridized carbons (Fsp3) is 0.364. The molecule has 3 heteroatoms. The van der Waals surface area contributed by atoms with Crippen molar-refractivity contribution >= 4 is 17.2 Å². The third kappa shape index (κ3) is 3.96. The average molecular weight is 358 g/mol. The SMILES string of the molecule is C=C/C=C\C1=C(CC)C(=C2CCN(F)CC2)c2ccc(Cl)cc2CC1. The Morgan fingerprint density at radius 1 is 1.20 bits per heavy atom. The quantitative estimate of drug-likeness (QED) is 0.442. The maximum Gasteiger partial charge on any atom is 0.0409 e. The second kappa shape index (κ2) is 8.16. The minimum Gasteiger partial charge on any atom is -0.146 e. The van der Waals surface area contributed by atoms with Gasteiger partial charge < -0.3 is 0 Å². The van der Waals surface area contributed by atoms with Gasteiger partial charge in [0.1, 0.15) is 0 Å². The monoisotopic (exact) mass is 357 g/mol. The fourth-order valence-corrected chi connectivity index (χ4v) is 4.13. The topological polar surface area (TPSA) is 3.24 Å². The predicted molar refractivity (Wildman–Crippen MR) is 105 cm³/mol. The molecule has 0 aromatic heterocycles. The van der Waals surface area contributed by atoms with E-state index >= 15 is 0 Å². The molecule has 0 radical (unpaired) electrons. The lowest BCUT2D eigenvalue weighted by Crippen LogP contribution is -2.23. The van der Waals surface area contributed by atoms with Crippen molar-refractivity contribution in [1.29, 1.82) is 0 Å². The number of allylic oxidation sites excluding steroid dienone is 6. The molecule has 0 amide bonds. The van der Waals surface area contributed by atoms with Crippen molar-refractivity contribution < 1.29 is 4.48 Å². The molecule has 1 aromatic carbocycles. The third-order valence-electron chi connectivity index (χ3n) is 5.14. The Balaban J connectivity index is 2.20. The van der Waals surface area contributed by atoms with Gasteiger partial charge in [0.05, 0.1) is 0 Å². The number of hydrogen-bond donors (Lipinski definition) is 0. The van der Waals surface area contributed by atoms with Gasteiger partial charge in [-0.2, -0.15) is 0 Å². The summed E-state index contributed by atoms with van der Waals surface area (Å²) in [6.07, 6.45) is 10.5. The molecule has 1 aliphatic carbocycles. The van der Waals surface area contributed by atoms with E-state index < -0.39 is 0 Å². The molecule has 0 saturated carbocycles. The number of aryl methyl sites for hydroxylation is 1. The van der Waals surface area contributed by atoms with Gasteiger partial charge in [-0.15, -0.1) is 9.60 Å². The number of hydrogen-bond acceptors (Lipinski definition) is 1. The van der Waals surface area contributed by atoms with Crippen molar-refractivity contribution in [2.75, 3.05) is 13.1 Å². The molecule has 0 unspecified atom stereocenters. The van der Waals surface area contributed by atoms with Crippen LogP contribution in [-0.2, 0) is 6.42 Å². The van der Waals surface area contributed by atoms with Crippen LogP contribution in [0, 0.1) is 0 Å². The van der Waals surface area contributed by atoms with E-state index in [2.05, 4.69) is 31.7 Å². The van der Waals surface area contributed by atoms with E-state index in [0.29, 0.717) is 13.1 Å². The number of benzene rings is 1. The molecule has 0 N–H and O–H groups in total. The molecular formula is C22H25ClFN. The highest BCUT2D eigenvalue weighted by molar-refractivity contribution is 6.30. The first-order chi connectivity index (χ1) is 12.1. The zero-order chi connectivity index (χ0) is 17.8. The molecule has 1 fully saturated rings. The Hall–Kier alpha value is -1.64. The average Bonchev–Trinajstić information content (AvgIpc) is 2.77. The van der Waals surface area contributed by atoms with Crippen LogP contribution < -0.4 is 0 Å². The minimum absolute atomic E-state index is 0.483. The van der Waals surface area contributed by atoms with Crippen molar-refractivity contribution in [1.82, 2.24) is 5.12 Å². The van der Waals surface area contributed by atoms with E-state index in [1.807, 2.05) is 18.2 Å². The molecule has 25 heavy (non-hydrogen) atoms. The van der Waals surface area contributed by atoms with E-state index in [1.165, 1.54) is 33.4 Å². The van der Waals surface area contributed by atoms with Gasteiger partial charge in [0.2, 0.25) is 0 Å². The molecule has 132 valence electrons. The van der Waals surface area contributed by atoms with Crippen LogP contribution in [0.3, 0.4) is 0 Å². The van der Waals surface area contributed by atoms with Gasteiger partial charge in [-0.1, -0.05) is 55.0 Å². The molecule has 1 aliphatic heterocycles. The highest BCUT2D eigenvalue weighted by Crippen LogP contribution is 2.41. The summed E-state index contributed by atoms with van der Waals surface area (Å²) in [4.78, 5) is 0. The van der Waals surface area contributed by atoms with Crippen molar-refractivity contribution in [2.24, 2.45) is 0 Å². The zero-order valence-electron chi connectivity index (χ0n) is 14.8. The lowest BCUT2D eigenvalue weighted by atomic mass is 9.85. The van der Waals surface area contributed by atoms with Gasteiger partial charge in [-0.25, -0.2) is 0 Å². The van der Waals surface area contributed by atoms with Crippen molar-refractivity contribution in [2.45, 2.75) is 39.0 Å². The summed E-state index contributed by atoms with van der Waals surface area (Å²) in [5.41, 5.74) is 8.04. The summed E-state index contributed by atoms with van der Waals surface area (Å²) < 4.78 is 13.5. The molecule has 1 aromatic rings. The standard InChI is InChI=1S/C22H25ClFN/c1-3-5-6-16-7-8-18-15-19(23)9-10-21(18)22(20(16)4-2)17-11-13-25(24)14-12-17/h3,5-6,9-10,15H,1,4,7-8,11-14H2,2H3/b6-5-. The first-order valence-corrected chi connectivity index (χ1v) is 9.44. The molecule has 1 saturated heterocycles. The molecule has 1 nitrogen and oxygen atoms in total. The lowest BCUT2D eigenvalue weighted by Gasteiger charge is -2.25. The van der Waals surface area contributed by atoms with Crippen molar-refractivity contribution in [3.05, 3.63) is 75.9 Å². The maximum absolute atomic E-state index is 13.5. The maximum atomic E-state index is 13.5. The number of piperidine rings is 1. The summed E-state index contributed by atoms with van der Waals surface area (Å²) in [7, 11) is 0. The first kappa shape index (κ1) is 18.2. The predicted octanol–water partition coefficient (Wildman–Crippen LogP) is 6.47. The van der Waals surface area contributed by atoms with E-state index in [-0.39, 0.29) is 0 Å². The van der Waals surface area contributed by atoms with Crippen LogP contribution in [0.5, 0.6) is 0 Å². The smallest absolute Gasteiger partial charge is 0.0409 e. The van der Waals surface area contributed by atoms with Crippen LogP contribution >= 0.6 is 11.6 Å². The van der Waals surface area contributed by atoms with E-state index in [0.717, 1.165) is 42.2 Å². The van der Waals surface area contributed by atoms with Crippen molar-refractivity contribution in [3.63, 3.8) is 0 Å². The van der Waals surface area contributed by atoms with E-state index in [4.69, 9.17) is 11.6 Å². The van der Waals surface area contributed by atoms with Crippen LogP contribution in [-0.4, -0.2) is 18.2 Å². The number of rotatable bonds is 3. The number of nitrogens with zero attached hydrogens (tertiary/aromatic N) is 1. The van der Waals surface area contributed by atoms with Crippen LogP contribution in [0.25, 0.3) is 5.57 Å². The van der Waals surface area contributed by atoms with Crippen LogP contribution in [0.15, 0.2) is 59.7 Å². The summed E-state index contributed by atoms with van der Waals surface area (Å²) in [5.74, 6) is 0.